The van der Waals surface area contributed by atoms with Crippen molar-refractivity contribution in [1.82, 2.24) is 0 Å². The van der Waals surface area contributed by atoms with E-state index in [2.05, 4.69) is 0 Å². The lowest BCUT2D eigenvalue weighted by molar-refractivity contribution is -0.0505. The first-order valence-corrected chi connectivity index (χ1v) is 29.7. The van der Waals surface area contributed by atoms with Crippen LogP contribution in [0, 0.1) is 0 Å². The van der Waals surface area contributed by atoms with E-state index in [0.717, 1.165) is 0 Å². The van der Waals surface area contributed by atoms with Gasteiger partial charge in [0.1, 0.15) is 46.0 Å². The number of halogens is 6. The van der Waals surface area contributed by atoms with Crippen molar-refractivity contribution in [2.45, 2.75) is 89.1 Å². The Balaban J connectivity index is 1.25. The maximum Gasteiger partial charge on any atom is 0.534 e. The molecule has 0 saturated heterocycles. The molecule has 4 N–H and O–H groups in total. The van der Waals surface area contributed by atoms with Gasteiger partial charge in [-0.15, -0.1) is 0 Å². The number of rotatable bonds is 11. The van der Waals surface area contributed by atoms with E-state index in [9.17, 15) is 63.6 Å². The molecule has 0 radical (unpaired) electrons. The average molecular weight is 1200 g/mol. The number of phenols is 4. The molecule has 20 heteroatoms. The molecule has 84 heavy (non-hydrogen) atoms. The van der Waals surface area contributed by atoms with Crippen LogP contribution in [-0.4, -0.2) is 61.5 Å². The van der Waals surface area contributed by atoms with Crippen LogP contribution in [0.3, 0.4) is 0 Å². The van der Waals surface area contributed by atoms with E-state index in [1.165, 1.54) is 48.5 Å². The van der Waals surface area contributed by atoms with Crippen LogP contribution in [0.25, 0.3) is 11.1 Å². The van der Waals surface area contributed by atoms with Crippen LogP contribution in [0.5, 0.6) is 46.0 Å². The average Bonchev–Trinajstić information content (AvgIpc) is 2.98. The largest absolute Gasteiger partial charge is 0.534 e. The lowest BCUT2D eigenvalue weighted by atomic mass is 9.87. The molecular weight excluding hydrogens is 1140 g/mol. The zero-order valence-corrected chi connectivity index (χ0v) is 47.0. The Morgan fingerprint density at radius 1 is 0.345 bits per heavy atom. The molecule has 438 valence electrons. The first kappa shape index (κ1) is 58.8. The summed E-state index contributed by atoms with van der Waals surface area (Å²) in [6.07, 6.45) is -0.385. The number of hydrogen-bond acceptors (Lipinski definition) is 12. The van der Waals surface area contributed by atoms with Crippen LogP contribution < -0.4 is 17.8 Å². The Morgan fingerprint density at radius 3 is 0.750 bits per heavy atom. The van der Waals surface area contributed by atoms with Crippen molar-refractivity contribution >= 4 is 20.2 Å². The van der Waals surface area contributed by atoms with Gasteiger partial charge in [0.15, 0.2) is 0 Å². The van der Waals surface area contributed by atoms with Crippen molar-refractivity contribution in [1.29, 1.82) is 0 Å². The first-order valence-electron chi connectivity index (χ1n) is 26.9. The van der Waals surface area contributed by atoms with E-state index in [1.54, 1.807) is 48.5 Å². The van der Waals surface area contributed by atoms with Crippen molar-refractivity contribution in [2.24, 2.45) is 0 Å². The minimum Gasteiger partial charge on any atom is -0.507 e. The first-order chi connectivity index (χ1) is 39.9. The highest BCUT2D eigenvalue weighted by atomic mass is 32.2. The molecule has 12 nitrogen and oxygen atoms in total. The molecule has 8 aromatic carbocycles. The molecule has 2 aliphatic carbocycles. The van der Waals surface area contributed by atoms with Crippen molar-refractivity contribution in [3.63, 3.8) is 0 Å². The molecular formula is C64H56F6O12S2. The van der Waals surface area contributed by atoms with Gasteiger partial charge < -0.3 is 38.3 Å². The predicted molar refractivity (Wildman–Crippen MR) is 302 cm³/mol. The van der Waals surface area contributed by atoms with Gasteiger partial charge in [0.05, 0.1) is 13.2 Å². The lowest BCUT2D eigenvalue weighted by Crippen LogP contribution is -2.29. The molecule has 0 aromatic heterocycles. The second kappa shape index (κ2) is 23.4. The SMILES string of the molecule is CCCOc1c2cccc1Cc1cccc(c1O)Cc1cc(-c3cc4c(OS(=O)(=O)C(F)(F)F)c(c3)Cc3cccc(c3O)Cc3cccc(c3OCCC)Cc3cccc(c3O)C4)cc(c1OS(=O)(=O)C(F)(F)F)Cc1cccc(c1O)C2. The van der Waals surface area contributed by atoms with E-state index >= 15 is 0 Å². The van der Waals surface area contributed by atoms with Crippen molar-refractivity contribution in [2.75, 3.05) is 13.2 Å². The Hall–Kier alpha value is -8.36. The van der Waals surface area contributed by atoms with Crippen LogP contribution in [0.2, 0.25) is 0 Å². The summed E-state index contributed by atoms with van der Waals surface area (Å²) in [6.45, 7) is 4.55. The number of hydrogen-bond donors (Lipinski definition) is 4. The van der Waals surface area contributed by atoms with E-state index in [-0.39, 0.29) is 104 Å². The van der Waals surface area contributed by atoms with Gasteiger partial charge in [-0.25, -0.2) is 0 Å². The molecule has 0 spiro atoms. The van der Waals surface area contributed by atoms with Gasteiger partial charge in [0.2, 0.25) is 0 Å². The number of aromatic hydroxyl groups is 4. The minimum absolute atomic E-state index is 0.0491. The zero-order chi connectivity index (χ0) is 59.9. The summed E-state index contributed by atoms with van der Waals surface area (Å²) < 4.78 is 163. The molecule has 0 unspecified atom stereocenters. The fraction of sp³-hybridized carbons (Fsp3) is 0.250. The van der Waals surface area contributed by atoms with Crippen molar-refractivity contribution in [3.05, 3.63) is 222 Å². The van der Waals surface area contributed by atoms with Gasteiger partial charge in [-0.05, 0) is 115 Å². The normalized spacial score (nSPS) is 13.7. The number of ether oxygens (including phenoxy) is 2. The Kier molecular flexibility index (Phi) is 16.4. The van der Waals surface area contributed by atoms with Crippen LogP contribution in [0.1, 0.15) is 116 Å². The molecule has 0 aliphatic heterocycles. The van der Waals surface area contributed by atoms with E-state index in [0.29, 0.717) is 82.1 Å². The molecule has 0 atom stereocenters. The highest BCUT2D eigenvalue weighted by molar-refractivity contribution is 7.88. The number of benzene rings is 8. The summed E-state index contributed by atoms with van der Waals surface area (Å²) in [5.74, 6) is -1.77. The molecule has 0 saturated carbocycles. The van der Waals surface area contributed by atoms with E-state index < -0.39 is 68.4 Å². The van der Waals surface area contributed by atoms with Crippen molar-refractivity contribution < 1.29 is 81.4 Å². The van der Waals surface area contributed by atoms with Crippen LogP contribution in [-0.2, 0) is 71.6 Å². The zero-order valence-electron chi connectivity index (χ0n) is 45.3. The number of alkyl halides is 6. The fourth-order valence-electron chi connectivity index (χ4n) is 10.9. The quantitative estimate of drug-likeness (QED) is 0.0546. The third-order valence-corrected chi connectivity index (χ3v) is 16.8. The standard InChI is InChI=1S/C64H56F6O12S2/c1-3-23-79-59-45-19-9-20-46(59)26-38-12-6-16-42(56(38)72)30-52-34-49(33-51(61(52)81-83(75,76)63(65,66)67)29-41-15-5-11-37(25-45)55(41)71)50-35-53-31-43-17-7-13-39(57(43)73)27-47-21-10-22-48(60(47)80-24-4-2)28-40-14-8-18-44(58(40)74)32-54(36-50)62(53)82-84(77,78)64(68,69)70/h5-22,33-36,71-74H,3-4,23-32H2,1-2H3. The molecule has 0 heterocycles. The van der Waals surface area contributed by atoms with Crippen molar-refractivity contribution in [3.8, 4) is 57.1 Å². The fourth-order valence-corrected chi connectivity index (χ4v) is 11.9. The van der Waals surface area contributed by atoms with Gasteiger partial charge in [-0.2, -0.15) is 43.2 Å². The summed E-state index contributed by atoms with van der Waals surface area (Å²) in [5, 5.41) is 48.5. The molecule has 2 aliphatic rings. The highest BCUT2D eigenvalue weighted by Crippen LogP contribution is 2.46. The summed E-state index contributed by atoms with van der Waals surface area (Å²) in [4.78, 5) is 0. The number of para-hydroxylation sites is 6. The Morgan fingerprint density at radius 2 is 0.548 bits per heavy atom. The van der Waals surface area contributed by atoms with Gasteiger partial charge in [-0.3, -0.25) is 0 Å². The minimum atomic E-state index is -6.46. The summed E-state index contributed by atoms with van der Waals surface area (Å²) >= 11 is 0. The van der Waals surface area contributed by atoms with Crippen LogP contribution >= 0.6 is 0 Å². The Bertz CT molecular complexity index is 3630. The third-order valence-electron chi connectivity index (χ3n) is 14.9. The maximum absolute atomic E-state index is 14.6. The third kappa shape index (κ3) is 12.0. The summed E-state index contributed by atoms with van der Waals surface area (Å²) in [5.41, 5.74) is -8.36. The monoisotopic (exact) mass is 1190 g/mol. The van der Waals surface area contributed by atoms with Gasteiger partial charge in [0, 0.05) is 73.6 Å². The maximum atomic E-state index is 14.6. The molecule has 16 bridgehead atoms. The smallest absolute Gasteiger partial charge is 0.507 e. The molecule has 10 rings (SSSR count). The lowest BCUT2D eigenvalue weighted by Gasteiger charge is -2.23. The summed E-state index contributed by atoms with van der Waals surface area (Å²) in [6, 6.07) is 34.9. The number of phenolic OH excluding ortho intramolecular Hbond substituents is 4. The highest BCUT2D eigenvalue weighted by Gasteiger charge is 2.50. The topological polar surface area (TPSA) is 186 Å². The second-order valence-corrected chi connectivity index (χ2v) is 23.9. The second-order valence-electron chi connectivity index (χ2n) is 20.8. The summed E-state index contributed by atoms with van der Waals surface area (Å²) in [7, 11) is -12.9. The van der Waals surface area contributed by atoms with Gasteiger partial charge >= 0.3 is 31.3 Å². The van der Waals surface area contributed by atoms with Crippen LogP contribution in [0.15, 0.2) is 133 Å². The molecule has 0 fully saturated rings. The predicted octanol–water partition coefficient (Wildman–Crippen LogP) is 13.6. The van der Waals surface area contributed by atoms with E-state index in [1.807, 2.05) is 50.2 Å². The van der Waals surface area contributed by atoms with E-state index in [4.69, 9.17) is 17.8 Å². The van der Waals surface area contributed by atoms with Gasteiger partial charge in [-0.1, -0.05) is 123 Å². The molecule has 8 aromatic rings. The number of fused-ring (bicyclic) bond motifs is 16. The molecule has 0 amide bonds. The van der Waals surface area contributed by atoms with Crippen LogP contribution in [0.4, 0.5) is 26.3 Å². The van der Waals surface area contributed by atoms with Gasteiger partial charge in [0.25, 0.3) is 0 Å². The Labute approximate surface area is 481 Å².